The number of nitrogens with zero attached hydrogens (tertiary/aromatic N) is 6. The van der Waals surface area contributed by atoms with E-state index in [0.717, 1.165) is 11.1 Å². The van der Waals surface area contributed by atoms with Gasteiger partial charge in [0.2, 0.25) is 0 Å². The monoisotopic (exact) mass is 437 g/mol. The lowest BCUT2D eigenvalue weighted by Crippen LogP contribution is -2.33. The van der Waals surface area contributed by atoms with Crippen molar-refractivity contribution in [2.45, 2.75) is 31.5 Å². The normalized spacial score (nSPS) is 23.2. The van der Waals surface area contributed by atoms with E-state index in [9.17, 15) is 15.3 Å². The van der Waals surface area contributed by atoms with Crippen LogP contribution < -0.4 is 5.32 Å². The van der Waals surface area contributed by atoms with Gasteiger partial charge in [-0.25, -0.2) is 9.67 Å². The van der Waals surface area contributed by atoms with Gasteiger partial charge in [-0.3, -0.25) is 4.57 Å². The van der Waals surface area contributed by atoms with Crippen LogP contribution in [-0.2, 0) is 4.74 Å². The molecule has 1 fully saturated rings. The largest absolute Gasteiger partial charge is 0.394 e. The Hall–Kier alpha value is -3.38. The molecule has 3 aromatic heterocycles. The molecule has 1 aliphatic heterocycles. The van der Waals surface area contributed by atoms with E-state index in [1.807, 2.05) is 37.4 Å². The van der Waals surface area contributed by atoms with Gasteiger partial charge in [0.15, 0.2) is 23.2 Å². The van der Waals surface area contributed by atoms with Crippen LogP contribution in [0.2, 0.25) is 0 Å². The van der Waals surface area contributed by atoms with Gasteiger partial charge in [-0.05, 0) is 12.5 Å². The predicted octanol–water partition coefficient (Wildman–Crippen LogP) is 0.641. The molecule has 1 saturated heterocycles. The first-order chi connectivity index (χ1) is 15.5. The van der Waals surface area contributed by atoms with Crippen molar-refractivity contribution in [1.29, 1.82) is 0 Å². The second kappa shape index (κ2) is 7.95. The standard InChI is InChI=1S/C21H23N7O4/c1-11-3-5-12(6-4-11)13-7-24-28(8-13)21-25-18(22-2)15-19(26-21)27(10-23-15)20-17(31)16(30)14(9-29)32-20/h3-8,10,14,16-17,20,29-31H,9H2,1-2H3,(H,22,25,26)/t14-,16-,17-,20-/m1/s1. The van der Waals surface area contributed by atoms with Crippen LogP contribution in [0.5, 0.6) is 0 Å². The number of aliphatic hydroxyl groups excluding tert-OH is 3. The van der Waals surface area contributed by atoms with Crippen molar-refractivity contribution in [3.63, 3.8) is 0 Å². The van der Waals surface area contributed by atoms with E-state index in [1.54, 1.807) is 17.9 Å². The molecular formula is C21H23N7O4. The predicted molar refractivity (Wildman–Crippen MR) is 115 cm³/mol. The highest BCUT2D eigenvalue weighted by Crippen LogP contribution is 2.32. The number of ether oxygens (including phenoxy) is 1. The molecule has 166 valence electrons. The zero-order valence-electron chi connectivity index (χ0n) is 17.5. The third-order valence-corrected chi connectivity index (χ3v) is 5.61. The van der Waals surface area contributed by atoms with Gasteiger partial charge in [0.05, 0.1) is 19.1 Å². The van der Waals surface area contributed by atoms with Gasteiger partial charge < -0.3 is 25.4 Å². The summed E-state index contributed by atoms with van der Waals surface area (Å²) in [6, 6.07) is 8.12. The van der Waals surface area contributed by atoms with Gasteiger partial charge in [-0.1, -0.05) is 29.8 Å². The van der Waals surface area contributed by atoms with E-state index < -0.39 is 31.1 Å². The van der Waals surface area contributed by atoms with Crippen LogP contribution in [0.3, 0.4) is 0 Å². The number of hydrogen-bond acceptors (Lipinski definition) is 9. The lowest BCUT2D eigenvalue weighted by Gasteiger charge is -2.17. The molecule has 1 aromatic carbocycles. The first-order valence-corrected chi connectivity index (χ1v) is 10.2. The van der Waals surface area contributed by atoms with Crippen molar-refractivity contribution in [2.24, 2.45) is 0 Å². The van der Waals surface area contributed by atoms with E-state index in [1.165, 1.54) is 16.5 Å². The summed E-state index contributed by atoms with van der Waals surface area (Å²) in [6.07, 6.45) is 0.695. The number of aliphatic hydroxyl groups is 3. The van der Waals surface area contributed by atoms with Gasteiger partial charge in [0, 0.05) is 18.8 Å². The van der Waals surface area contributed by atoms with Gasteiger partial charge in [-0.15, -0.1) is 0 Å². The summed E-state index contributed by atoms with van der Waals surface area (Å²) in [5.41, 5.74) is 3.97. The number of imidazole rings is 1. The third-order valence-electron chi connectivity index (χ3n) is 5.61. The molecule has 4 aromatic rings. The number of fused-ring (bicyclic) bond motifs is 1. The molecule has 0 spiro atoms. The highest BCUT2D eigenvalue weighted by molar-refractivity contribution is 5.83. The zero-order valence-corrected chi connectivity index (χ0v) is 17.5. The summed E-state index contributed by atoms with van der Waals surface area (Å²) in [6.45, 7) is 1.61. The second-order valence-electron chi connectivity index (χ2n) is 7.71. The summed E-state index contributed by atoms with van der Waals surface area (Å²) in [5, 5.41) is 37.4. The minimum absolute atomic E-state index is 0.300. The first kappa shape index (κ1) is 20.5. The second-order valence-corrected chi connectivity index (χ2v) is 7.71. The van der Waals surface area contributed by atoms with Crippen molar-refractivity contribution < 1.29 is 20.1 Å². The van der Waals surface area contributed by atoms with Crippen molar-refractivity contribution in [1.82, 2.24) is 29.3 Å². The molecule has 5 rings (SSSR count). The average molecular weight is 437 g/mol. The lowest BCUT2D eigenvalue weighted by atomic mass is 10.1. The Morgan fingerprint density at radius 3 is 2.56 bits per heavy atom. The van der Waals surface area contributed by atoms with Crippen LogP contribution in [0.15, 0.2) is 43.0 Å². The number of rotatable bonds is 5. The summed E-state index contributed by atoms with van der Waals surface area (Å²) in [7, 11) is 1.72. The Morgan fingerprint density at radius 2 is 1.88 bits per heavy atom. The molecule has 32 heavy (non-hydrogen) atoms. The van der Waals surface area contributed by atoms with Gasteiger partial charge in [0.1, 0.15) is 18.3 Å². The van der Waals surface area contributed by atoms with E-state index in [2.05, 4.69) is 25.4 Å². The van der Waals surface area contributed by atoms with Crippen LogP contribution in [0.4, 0.5) is 5.82 Å². The topological polar surface area (TPSA) is 143 Å². The number of aryl methyl sites for hydroxylation is 1. The summed E-state index contributed by atoms with van der Waals surface area (Å²) in [5.74, 6) is 0.775. The molecule has 4 atom stereocenters. The first-order valence-electron chi connectivity index (χ1n) is 10.2. The van der Waals surface area contributed by atoms with E-state index in [4.69, 9.17) is 4.74 Å². The fourth-order valence-corrected chi connectivity index (χ4v) is 3.81. The molecule has 0 amide bonds. The van der Waals surface area contributed by atoms with Gasteiger partial charge >= 0.3 is 0 Å². The summed E-state index contributed by atoms with van der Waals surface area (Å²) < 4.78 is 8.73. The Morgan fingerprint density at radius 1 is 1.09 bits per heavy atom. The van der Waals surface area contributed by atoms with E-state index in [-0.39, 0.29) is 0 Å². The van der Waals surface area contributed by atoms with Crippen LogP contribution in [-0.4, -0.2) is 76.6 Å². The molecule has 1 aliphatic rings. The minimum Gasteiger partial charge on any atom is -0.394 e. The maximum absolute atomic E-state index is 10.4. The lowest BCUT2D eigenvalue weighted by molar-refractivity contribution is -0.0511. The van der Waals surface area contributed by atoms with Crippen molar-refractivity contribution in [3.05, 3.63) is 48.5 Å². The number of benzene rings is 1. The molecule has 0 radical (unpaired) electrons. The minimum atomic E-state index is -1.25. The smallest absolute Gasteiger partial charge is 0.254 e. The fourth-order valence-electron chi connectivity index (χ4n) is 3.81. The van der Waals surface area contributed by atoms with Gasteiger partial charge in [-0.2, -0.15) is 15.1 Å². The van der Waals surface area contributed by atoms with Crippen LogP contribution >= 0.6 is 0 Å². The molecule has 11 heteroatoms. The Balaban J connectivity index is 1.57. The van der Waals surface area contributed by atoms with E-state index >= 15 is 0 Å². The highest BCUT2D eigenvalue weighted by atomic mass is 16.6. The number of nitrogens with one attached hydrogen (secondary N) is 1. The van der Waals surface area contributed by atoms with Crippen LogP contribution in [0.25, 0.3) is 28.2 Å². The number of hydrogen-bond donors (Lipinski definition) is 4. The molecule has 11 nitrogen and oxygen atoms in total. The Kier molecular flexibility index (Phi) is 5.10. The maximum Gasteiger partial charge on any atom is 0.254 e. The number of anilines is 1. The summed E-state index contributed by atoms with van der Waals surface area (Å²) >= 11 is 0. The molecular weight excluding hydrogens is 414 g/mol. The van der Waals surface area contributed by atoms with Crippen LogP contribution in [0, 0.1) is 6.92 Å². The molecule has 0 saturated carbocycles. The average Bonchev–Trinajstić information content (AvgIpc) is 3.52. The molecule has 0 aliphatic carbocycles. The van der Waals surface area contributed by atoms with Gasteiger partial charge in [0.25, 0.3) is 5.95 Å². The molecule has 4 heterocycles. The van der Waals surface area contributed by atoms with Crippen molar-refractivity contribution in [2.75, 3.05) is 19.0 Å². The van der Waals surface area contributed by atoms with Crippen molar-refractivity contribution in [3.8, 4) is 17.1 Å². The highest BCUT2D eigenvalue weighted by Gasteiger charge is 2.44. The summed E-state index contributed by atoms with van der Waals surface area (Å²) in [4.78, 5) is 13.5. The Bertz CT molecular complexity index is 1250. The van der Waals surface area contributed by atoms with Crippen LogP contribution in [0.1, 0.15) is 11.8 Å². The maximum atomic E-state index is 10.4. The molecule has 0 bridgehead atoms. The fraction of sp³-hybridized carbons (Fsp3) is 0.333. The molecule has 0 unspecified atom stereocenters. The quantitative estimate of drug-likeness (QED) is 0.354. The number of aromatic nitrogens is 6. The van der Waals surface area contributed by atoms with E-state index in [0.29, 0.717) is 22.9 Å². The van der Waals surface area contributed by atoms with Crippen molar-refractivity contribution >= 4 is 17.0 Å². The zero-order chi connectivity index (χ0) is 22.4. The Labute approximate surface area is 183 Å². The SMILES string of the molecule is CNc1nc(-n2cc(-c3ccc(C)cc3)cn2)nc2c1ncn2[C@@H]1O[C@H](CO)[C@@H](O)[C@H]1O. The third kappa shape index (κ3) is 3.31. The molecule has 4 N–H and O–H groups in total.